The Labute approximate surface area is 166 Å². The summed E-state index contributed by atoms with van der Waals surface area (Å²) in [5.41, 5.74) is 4.44. The highest BCUT2D eigenvalue weighted by Gasteiger charge is 2.12. The first-order valence-corrected chi connectivity index (χ1v) is 9.90. The van der Waals surface area contributed by atoms with Gasteiger partial charge in [-0.25, -0.2) is 9.97 Å². The van der Waals surface area contributed by atoms with E-state index < -0.39 is 0 Å². The summed E-state index contributed by atoms with van der Waals surface area (Å²) in [6, 6.07) is 27.2. The Bertz CT molecular complexity index is 1060. The molecule has 4 rings (SSSR count). The van der Waals surface area contributed by atoms with E-state index in [9.17, 15) is 0 Å². The van der Waals surface area contributed by atoms with Crippen LogP contribution in [0.3, 0.4) is 0 Å². The molecule has 1 heterocycles. The average molecular weight is 367 g/mol. The van der Waals surface area contributed by atoms with E-state index in [1.165, 1.54) is 17.5 Å². The van der Waals surface area contributed by atoms with E-state index in [1.807, 2.05) is 12.1 Å². The molecule has 140 valence electrons. The molecule has 0 saturated carbocycles. The van der Waals surface area contributed by atoms with Crippen molar-refractivity contribution < 1.29 is 0 Å². The summed E-state index contributed by atoms with van der Waals surface area (Å²) in [5, 5.41) is 1.10. The van der Waals surface area contributed by atoms with Crippen LogP contribution in [0.4, 0.5) is 5.82 Å². The zero-order valence-electron chi connectivity index (χ0n) is 16.5. The van der Waals surface area contributed by atoms with Crippen LogP contribution in [0.2, 0.25) is 0 Å². The first-order valence-electron chi connectivity index (χ1n) is 9.90. The molecule has 0 bridgehead atoms. The van der Waals surface area contributed by atoms with Gasteiger partial charge in [0.05, 0.1) is 5.52 Å². The van der Waals surface area contributed by atoms with Crippen LogP contribution in [0.15, 0.2) is 78.9 Å². The summed E-state index contributed by atoms with van der Waals surface area (Å²) < 4.78 is 0. The smallest absolute Gasteiger partial charge is 0.162 e. The van der Waals surface area contributed by atoms with Gasteiger partial charge in [-0.3, -0.25) is 0 Å². The summed E-state index contributed by atoms with van der Waals surface area (Å²) in [4.78, 5) is 12.0. The van der Waals surface area contributed by atoms with Gasteiger partial charge < -0.3 is 4.90 Å². The zero-order valence-corrected chi connectivity index (χ0v) is 16.5. The summed E-state index contributed by atoms with van der Waals surface area (Å²) in [7, 11) is 2.12. The first-order chi connectivity index (χ1) is 13.8. The van der Waals surface area contributed by atoms with E-state index in [0.29, 0.717) is 0 Å². The number of nitrogens with zero attached hydrogens (tertiary/aromatic N) is 3. The van der Waals surface area contributed by atoms with E-state index in [1.54, 1.807) is 0 Å². The fourth-order valence-electron chi connectivity index (χ4n) is 3.42. The lowest BCUT2D eigenvalue weighted by Gasteiger charge is -2.20. The number of benzene rings is 3. The molecule has 0 N–H and O–H groups in total. The number of para-hydroxylation sites is 1. The molecule has 0 atom stereocenters. The third kappa shape index (κ3) is 3.74. The summed E-state index contributed by atoms with van der Waals surface area (Å²) in [6.45, 7) is 3.20. The number of rotatable bonds is 6. The van der Waals surface area contributed by atoms with Crippen molar-refractivity contribution in [1.29, 1.82) is 0 Å². The topological polar surface area (TPSA) is 29.0 Å². The molecule has 0 saturated heterocycles. The van der Waals surface area contributed by atoms with E-state index in [2.05, 4.69) is 85.6 Å². The molecule has 0 aliphatic rings. The molecule has 0 radical (unpaired) electrons. The molecule has 0 aliphatic carbocycles. The molecule has 0 unspecified atom stereocenters. The molecule has 3 heteroatoms. The molecule has 4 aromatic rings. The quantitative estimate of drug-likeness (QED) is 0.406. The minimum atomic E-state index is 0.775. The van der Waals surface area contributed by atoms with Crippen molar-refractivity contribution in [2.24, 2.45) is 0 Å². The van der Waals surface area contributed by atoms with Gasteiger partial charge in [0.2, 0.25) is 0 Å². The van der Waals surface area contributed by atoms with Gasteiger partial charge in [-0.1, -0.05) is 80.1 Å². The number of fused-ring (bicyclic) bond motifs is 1. The Morgan fingerprint density at radius 3 is 2.11 bits per heavy atom. The van der Waals surface area contributed by atoms with E-state index in [0.717, 1.165) is 41.1 Å². The van der Waals surface area contributed by atoms with Gasteiger partial charge in [-0.05, 0) is 29.7 Å². The van der Waals surface area contributed by atoms with Crippen LogP contribution in [0.25, 0.3) is 33.4 Å². The zero-order chi connectivity index (χ0) is 19.3. The van der Waals surface area contributed by atoms with Crippen LogP contribution in [-0.4, -0.2) is 23.6 Å². The van der Waals surface area contributed by atoms with Crippen LogP contribution in [-0.2, 0) is 0 Å². The molecule has 3 nitrogen and oxygen atoms in total. The average Bonchev–Trinajstić information content (AvgIpc) is 2.77. The lowest BCUT2D eigenvalue weighted by atomic mass is 10.0. The Balaban J connectivity index is 1.74. The fraction of sp³-hybridized carbons (Fsp3) is 0.200. The van der Waals surface area contributed by atoms with Crippen LogP contribution in [0.1, 0.15) is 19.8 Å². The summed E-state index contributed by atoms with van der Waals surface area (Å²) in [5.74, 6) is 1.78. The highest BCUT2D eigenvalue weighted by molar-refractivity contribution is 5.91. The number of anilines is 1. The van der Waals surface area contributed by atoms with Crippen LogP contribution >= 0.6 is 0 Å². The largest absolute Gasteiger partial charge is 0.359 e. The maximum atomic E-state index is 4.94. The third-order valence-electron chi connectivity index (χ3n) is 5.04. The fourth-order valence-corrected chi connectivity index (χ4v) is 3.42. The van der Waals surface area contributed by atoms with Crippen LogP contribution in [0, 0.1) is 0 Å². The van der Waals surface area contributed by atoms with Crippen molar-refractivity contribution in [3.05, 3.63) is 78.9 Å². The molecule has 3 aromatic carbocycles. The first kappa shape index (κ1) is 18.2. The van der Waals surface area contributed by atoms with Gasteiger partial charge in [0.15, 0.2) is 5.82 Å². The highest BCUT2D eigenvalue weighted by Crippen LogP contribution is 2.28. The van der Waals surface area contributed by atoms with E-state index in [-0.39, 0.29) is 0 Å². The van der Waals surface area contributed by atoms with Crippen molar-refractivity contribution >= 4 is 16.7 Å². The Morgan fingerprint density at radius 2 is 1.36 bits per heavy atom. The minimum absolute atomic E-state index is 0.775. The number of unbranched alkanes of at least 4 members (excludes halogenated alkanes) is 1. The molecule has 0 amide bonds. The second-order valence-electron chi connectivity index (χ2n) is 7.11. The van der Waals surface area contributed by atoms with E-state index in [4.69, 9.17) is 9.97 Å². The number of aromatic nitrogens is 2. The second kappa shape index (κ2) is 8.22. The Morgan fingerprint density at radius 1 is 0.714 bits per heavy atom. The number of hydrogen-bond donors (Lipinski definition) is 0. The molecular formula is C25H25N3. The molecule has 0 aliphatic heterocycles. The van der Waals surface area contributed by atoms with Crippen molar-refractivity contribution in [3.8, 4) is 22.5 Å². The van der Waals surface area contributed by atoms with E-state index >= 15 is 0 Å². The minimum Gasteiger partial charge on any atom is -0.359 e. The summed E-state index contributed by atoms with van der Waals surface area (Å²) in [6.07, 6.45) is 2.32. The van der Waals surface area contributed by atoms with Gasteiger partial charge in [-0.2, -0.15) is 0 Å². The maximum absolute atomic E-state index is 4.94. The van der Waals surface area contributed by atoms with Crippen molar-refractivity contribution in [3.63, 3.8) is 0 Å². The van der Waals surface area contributed by atoms with Gasteiger partial charge in [0, 0.05) is 24.5 Å². The Hall–Kier alpha value is -3.20. The van der Waals surface area contributed by atoms with Crippen molar-refractivity contribution in [2.45, 2.75) is 19.8 Å². The van der Waals surface area contributed by atoms with Gasteiger partial charge in [0.25, 0.3) is 0 Å². The van der Waals surface area contributed by atoms with Crippen LogP contribution in [0.5, 0.6) is 0 Å². The summed E-state index contributed by atoms with van der Waals surface area (Å²) >= 11 is 0. The van der Waals surface area contributed by atoms with Gasteiger partial charge in [-0.15, -0.1) is 0 Å². The van der Waals surface area contributed by atoms with Crippen LogP contribution < -0.4 is 4.90 Å². The lowest BCUT2D eigenvalue weighted by molar-refractivity contribution is 0.761. The van der Waals surface area contributed by atoms with Gasteiger partial charge >= 0.3 is 0 Å². The standard InChI is InChI=1S/C25H25N3/c1-3-4-18-28(2)25-22-12-8-9-13-23(22)26-24(27-25)21-16-14-20(15-17-21)19-10-6-5-7-11-19/h5-17H,3-4,18H2,1-2H3. The SMILES string of the molecule is CCCCN(C)c1nc(-c2ccc(-c3ccccc3)cc2)nc2ccccc12. The second-order valence-corrected chi connectivity index (χ2v) is 7.11. The molecule has 0 spiro atoms. The Kier molecular flexibility index (Phi) is 5.34. The monoisotopic (exact) mass is 367 g/mol. The maximum Gasteiger partial charge on any atom is 0.162 e. The highest BCUT2D eigenvalue weighted by atomic mass is 15.2. The van der Waals surface area contributed by atoms with Crippen molar-refractivity contribution in [2.75, 3.05) is 18.5 Å². The lowest BCUT2D eigenvalue weighted by Crippen LogP contribution is -2.20. The predicted molar refractivity (Wildman–Crippen MR) is 119 cm³/mol. The third-order valence-corrected chi connectivity index (χ3v) is 5.04. The van der Waals surface area contributed by atoms with Gasteiger partial charge in [0.1, 0.15) is 5.82 Å². The predicted octanol–water partition coefficient (Wildman–Crippen LogP) is 6.20. The molecule has 1 aromatic heterocycles. The molecule has 0 fully saturated rings. The molecule has 28 heavy (non-hydrogen) atoms. The van der Waals surface area contributed by atoms with Crippen molar-refractivity contribution in [1.82, 2.24) is 9.97 Å². The molecular weight excluding hydrogens is 342 g/mol. The normalized spacial score (nSPS) is 10.9. The number of hydrogen-bond acceptors (Lipinski definition) is 3.